The Morgan fingerprint density at radius 2 is 1.68 bits per heavy atom. The van der Waals surface area contributed by atoms with Gasteiger partial charge >= 0.3 is 0 Å². The van der Waals surface area contributed by atoms with E-state index in [2.05, 4.69) is 27.7 Å². The zero-order valence-corrected chi connectivity index (χ0v) is 19.0. The molecule has 0 bridgehead atoms. The summed E-state index contributed by atoms with van der Waals surface area (Å²) in [4.78, 5) is 0. The van der Waals surface area contributed by atoms with E-state index < -0.39 is 0 Å². The summed E-state index contributed by atoms with van der Waals surface area (Å²) in [5, 5.41) is 21.0. The fourth-order valence-corrected chi connectivity index (χ4v) is 9.63. The van der Waals surface area contributed by atoms with Crippen LogP contribution < -0.4 is 0 Å². The van der Waals surface area contributed by atoms with Crippen molar-refractivity contribution in [3.63, 3.8) is 0 Å². The predicted molar refractivity (Wildman–Crippen MR) is 116 cm³/mol. The minimum atomic E-state index is -0.0673. The molecule has 162 valence electrons. The summed E-state index contributed by atoms with van der Waals surface area (Å²) in [5.74, 6) is 4.79. The molecule has 4 saturated carbocycles. The van der Waals surface area contributed by atoms with Crippen LogP contribution in [0.1, 0.15) is 98.3 Å². The van der Waals surface area contributed by atoms with E-state index >= 15 is 0 Å². The van der Waals surface area contributed by atoms with Gasteiger partial charge in [-0.2, -0.15) is 0 Å². The summed E-state index contributed by atoms with van der Waals surface area (Å²) in [6.45, 7) is 10.3. The van der Waals surface area contributed by atoms with Gasteiger partial charge in [-0.1, -0.05) is 47.0 Å². The topological polar surface area (TPSA) is 40.5 Å². The van der Waals surface area contributed by atoms with Gasteiger partial charge in [-0.05, 0) is 104 Å². The van der Waals surface area contributed by atoms with Crippen molar-refractivity contribution in [3.05, 3.63) is 0 Å². The lowest BCUT2D eigenvalue weighted by Crippen LogP contribution is -2.61. The Balaban J connectivity index is 1.63. The van der Waals surface area contributed by atoms with Crippen LogP contribution in [-0.4, -0.2) is 22.9 Å². The van der Waals surface area contributed by atoms with E-state index in [9.17, 15) is 10.2 Å². The van der Waals surface area contributed by atoms with Gasteiger partial charge in [-0.3, -0.25) is 0 Å². The first-order valence-corrected chi connectivity index (χ1v) is 12.7. The molecule has 0 spiro atoms. The first kappa shape index (κ1) is 21.2. The van der Waals surface area contributed by atoms with Gasteiger partial charge < -0.3 is 10.2 Å². The number of hydrogen-bond donors (Lipinski definition) is 2. The van der Waals surface area contributed by atoms with Crippen molar-refractivity contribution in [1.82, 2.24) is 0 Å². The van der Waals surface area contributed by atoms with Gasteiger partial charge in [-0.25, -0.2) is 0 Å². The summed E-state index contributed by atoms with van der Waals surface area (Å²) in [6, 6.07) is 0. The molecule has 0 aromatic carbocycles. The van der Waals surface area contributed by atoms with E-state index in [4.69, 9.17) is 0 Å². The maximum Gasteiger partial charge on any atom is 0.0605 e. The van der Waals surface area contributed by atoms with Gasteiger partial charge in [0, 0.05) is 6.61 Å². The van der Waals surface area contributed by atoms with E-state index in [1.807, 2.05) is 0 Å². The lowest BCUT2D eigenvalue weighted by atomic mass is 9.41. The Morgan fingerprint density at radius 3 is 2.39 bits per heavy atom. The Labute approximate surface area is 173 Å². The van der Waals surface area contributed by atoms with Crippen molar-refractivity contribution >= 4 is 0 Å². The molecule has 0 amide bonds. The van der Waals surface area contributed by atoms with Gasteiger partial charge in [0.05, 0.1) is 6.10 Å². The van der Waals surface area contributed by atoms with E-state index in [0.29, 0.717) is 35.2 Å². The van der Waals surface area contributed by atoms with E-state index in [1.165, 1.54) is 51.4 Å². The molecule has 0 radical (unpaired) electrons. The average Bonchev–Trinajstić information content (AvgIpc) is 3.04. The minimum Gasteiger partial charge on any atom is -0.396 e. The Kier molecular flexibility index (Phi) is 5.95. The zero-order valence-electron chi connectivity index (χ0n) is 19.0. The normalized spacial score (nSPS) is 51.9. The molecule has 2 N–H and O–H groups in total. The van der Waals surface area contributed by atoms with Gasteiger partial charge in [0.1, 0.15) is 0 Å². The van der Waals surface area contributed by atoms with Crippen LogP contribution in [0.3, 0.4) is 0 Å². The highest BCUT2D eigenvalue weighted by Crippen LogP contribution is 2.69. The first-order chi connectivity index (χ1) is 13.4. The highest BCUT2D eigenvalue weighted by Gasteiger charge is 2.64. The second-order valence-electron chi connectivity index (χ2n) is 11.8. The monoisotopic (exact) mass is 390 g/mol. The van der Waals surface area contributed by atoms with E-state index in [-0.39, 0.29) is 6.10 Å². The van der Waals surface area contributed by atoms with Gasteiger partial charge in [-0.15, -0.1) is 0 Å². The van der Waals surface area contributed by atoms with Crippen LogP contribution in [0.4, 0.5) is 0 Å². The van der Waals surface area contributed by atoms with Crippen LogP contribution in [0.2, 0.25) is 0 Å². The van der Waals surface area contributed by atoms with E-state index in [0.717, 1.165) is 42.9 Å². The lowest BCUT2D eigenvalue weighted by Gasteiger charge is -2.64. The second-order valence-corrected chi connectivity index (χ2v) is 11.8. The molecule has 10 atom stereocenters. The predicted octanol–water partition coefficient (Wildman–Crippen LogP) is 6.05. The maximum absolute atomic E-state index is 11.7. The van der Waals surface area contributed by atoms with Crippen molar-refractivity contribution in [1.29, 1.82) is 0 Å². The molecule has 0 aromatic heterocycles. The third-order valence-corrected chi connectivity index (χ3v) is 10.9. The standard InChI is InChI=1S/C26H46O2/c1-5-18-20-10-6-7-14-25(20,3)22-13-15-26(4)19(17(2)9-8-16-27)11-12-21(26)23(22)24(18)28/h17-24,27-28H,5-16H2,1-4H3/t17-,18-,19-,20+,21?,22?,23?,24+,25?,26-/m1/s1. The Hall–Kier alpha value is -0.0800. The molecule has 4 fully saturated rings. The summed E-state index contributed by atoms with van der Waals surface area (Å²) < 4.78 is 0. The molecule has 4 aliphatic rings. The summed E-state index contributed by atoms with van der Waals surface area (Å²) in [5.41, 5.74) is 0.887. The van der Waals surface area contributed by atoms with Crippen LogP contribution in [-0.2, 0) is 0 Å². The van der Waals surface area contributed by atoms with Gasteiger partial charge in [0.2, 0.25) is 0 Å². The van der Waals surface area contributed by atoms with Crippen molar-refractivity contribution in [2.45, 2.75) is 104 Å². The fraction of sp³-hybridized carbons (Fsp3) is 1.00. The molecule has 4 aliphatic carbocycles. The minimum absolute atomic E-state index is 0.0673. The largest absolute Gasteiger partial charge is 0.396 e. The van der Waals surface area contributed by atoms with Crippen molar-refractivity contribution in [3.8, 4) is 0 Å². The van der Waals surface area contributed by atoms with Crippen molar-refractivity contribution in [2.24, 2.45) is 52.3 Å². The molecule has 0 heterocycles. The highest BCUT2D eigenvalue weighted by atomic mass is 16.3. The quantitative estimate of drug-likeness (QED) is 0.600. The SMILES string of the molecule is CC[C@H]1[C@H](O)C2C(CC[C@@]3(C)C2CC[C@@H]3[C@H](C)CCCO)C2(C)CCCC[C@@H]12. The maximum atomic E-state index is 11.7. The Morgan fingerprint density at radius 1 is 0.929 bits per heavy atom. The van der Waals surface area contributed by atoms with Gasteiger partial charge in [0.25, 0.3) is 0 Å². The van der Waals surface area contributed by atoms with Crippen LogP contribution >= 0.6 is 0 Å². The second kappa shape index (κ2) is 7.88. The van der Waals surface area contributed by atoms with Crippen LogP contribution in [0.15, 0.2) is 0 Å². The molecule has 4 unspecified atom stereocenters. The van der Waals surface area contributed by atoms with Crippen LogP contribution in [0.5, 0.6) is 0 Å². The molecule has 2 heteroatoms. The van der Waals surface area contributed by atoms with E-state index in [1.54, 1.807) is 0 Å². The molecular weight excluding hydrogens is 344 g/mol. The molecular formula is C26H46O2. The number of hydrogen-bond acceptors (Lipinski definition) is 2. The molecule has 0 saturated heterocycles. The number of aliphatic hydroxyl groups is 2. The van der Waals surface area contributed by atoms with Crippen LogP contribution in [0.25, 0.3) is 0 Å². The first-order valence-electron chi connectivity index (χ1n) is 12.7. The third kappa shape index (κ3) is 3.03. The Bertz CT molecular complexity index is 547. The molecule has 4 rings (SSSR count). The highest BCUT2D eigenvalue weighted by molar-refractivity contribution is 5.13. The number of rotatable bonds is 5. The van der Waals surface area contributed by atoms with Crippen LogP contribution in [0, 0.1) is 52.3 Å². The van der Waals surface area contributed by atoms with Crippen molar-refractivity contribution < 1.29 is 10.2 Å². The zero-order chi connectivity index (χ0) is 20.1. The number of fused-ring (bicyclic) bond motifs is 5. The lowest BCUT2D eigenvalue weighted by molar-refractivity contribution is -0.194. The molecule has 28 heavy (non-hydrogen) atoms. The molecule has 0 aliphatic heterocycles. The summed E-state index contributed by atoms with van der Waals surface area (Å²) >= 11 is 0. The summed E-state index contributed by atoms with van der Waals surface area (Å²) in [6.07, 6.45) is 14.2. The summed E-state index contributed by atoms with van der Waals surface area (Å²) in [7, 11) is 0. The third-order valence-electron chi connectivity index (χ3n) is 10.9. The number of aliphatic hydroxyl groups excluding tert-OH is 2. The smallest absolute Gasteiger partial charge is 0.0605 e. The van der Waals surface area contributed by atoms with Crippen molar-refractivity contribution in [2.75, 3.05) is 6.61 Å². The molecule has 2 nitrogen and oxygen atoms in total. The average molecular weight is 391 g/mol. The van der Waals surface area contributed by atoms with Gasteiger partial charge in [0.15, 0.2) is 0 Å². The fourth-order valence-electron chi connectivity index (χ4n) is 9.63. The molecule has 0 aromatic rings.